The number of nitrogens with two attached hydrogens (primary N) is 1. The average Bonchev–Trinajstić information content (AvgIpc) is 2.74. The van der Waals surface area contributed by atoms with Gasteiger partial charge in [-0.05, 0) is 19.9 Å². The summed E-state index contributed by atoms with van der Waals surface area (Å²) in [5, 5.41) is 3.61. The van der Waals surface area contributed by atoms with Crippen molar-refractivity contribution in [2.24, 2.45) is 0 Å². The fourth-order valence-corrected chi connectivity index (χ4v) is 2.51. The third kappa shape index (κ3) is 2.51. The summed E-state index contributed by atoms with van der Waals surface area (Å²) in [6.45, 7) is 2.90. The molecule has 0 amide bonds. The molecule has 1 heterocycles. The molecule has 5 nitrogen and oxygen atoms in total. The van der Waals surface area contributed by atoms with Gasteiger partial charge in [0.1, 0.15) is 16.3 Å². The largest absolute Gasteiger partial charge is 0.367 e. The molecule has 0 saturated carbocycles. The monoisotopic (exact) mass is 332 g/mol. The Labute approximate surface area is 126 Å². The molecule has 2 rings (SSSR count). The van der Waals surface area contributed by atoms with Crippen molar-refractivity contribution >= 4 is 27.3 Å². The van der Waals surface area contributed by atoms with Crippen LogP contribution in [0.4, 0.5) is 10.3 Å². The predicted octanol–water partition coefficient (Wildman–Crippen LogP) is 3.00. The van der Waals surface area contributed by atoms with Gasteiger partial charge in [-0.3, -0.25) is 0 Å². The highest BCUT2D eigenvalue weighted by atomic mass is 35.5. The van der Waals surface area contributed by atoms with Crippen LogP contribution in [0.3, 0.4) is 0 Å². The Morgan fingerprint density at radius 2 is 2.00 bits per heavy atom. The number of rotatable bonds is 3. The summed E-state index contributed by atoms with van der Waals surface area (Å²) < 4.78 is 41.6. The second-order valence-electron chi connectivity index (χ2n) is 5.15. The van der Waals surface area contributed by atoms with Crippen LogP contribution in [0, 0.1) is 5.82 Å². The Kier molecular flexibility index (Phi) is 3.75. The third-order valence-electron chi connectivity index (χ3n) is 3.44. The molecule has 0 saturated heterocycles. The fourth-order valence-electron chi connectivity index (χ4n) is 1.85. The van der Waals surface area contributed by atoms with Gasteiger partial charge in [0, 0.05) is 11.8 Å². The van der Waals surface area contributed by atoms with Crippen molar-refractivity contribution in [1.29, 1.82) is 0 Å². The SMILES string of the molecule is CC(C)(c1noc(N)c1-c1cccc(Cl)c1F)S(C)(=O)=O. The zero-order valence-corrected chi connectivity index (χ0v) is 13.2. The summed E-state index contributed by atoms with van der Waals surface area (Å²) in [5.74, 6) is -0.873. The molecule has 21 heavy (non-hydrogen) atoms. The number of hydrogen-bond donors (Lipinski definition) is 1. The Bertz CT molecular complexity index is 800. The first kappa shape index (κ1) is 15.8. The molecule has 0 fully saturated rings. The number of benzene rings is 1. The van der Waals surface area contributed by atoms with E-state index in [1.165, 1.54) is 32.0 Å². The summed E-state index contributed by atoms with van der Waals surface area (Å²) in [7, 11) is -3.53. The second-order valence-corrected chi connectivity index (χ2v) is 8.13. The quantitative estimate of drug-likeness (QED) is 0.933. The first-order valence-corrected chi connectivity index (χ1v) is 8.24. The Morgan fingerprint density at radius 3 is 2.57 bits per heavy atom. The molecule has 0 aliphatic rings. The van der Waals surface area contributed by atoms with Crippen LogP contribution >= 0.6 is 11.6 Å². The molecule has 0 aliphatic carbocycles. The van der Waals surface area contributed by atoms with Crippen molar-refractivity contribution in [2.45, 2.75) is 18.6 Å². The van der Waals surface area contributed by atoms with E-state index < -0.39 is 20.4 Å². The van der Waals surface area contributed by atoms with Gasteiger partial charge in [0.15, 0.2) is 9.84 Å². The molecule has 0 unspecified atom stereocenters. The van der Waals surface area contributed by atoms with Crippen LogP contribution in [0.2, 0.25) is 5.02 Å². The zero-order chi connectivity index (χ0) is 16.0. The van der Waals surface area contributed by atoms with Gasteiger partial charge < -0.3 is 10.3 Å². The van der Waals surface area contributed by atoms with Crippen molar-refractivity contribution in [3.63, 3.8) is 0 Å². The molecular weight excluding hydrogens is 319 g/mol. The Morgan fingerprint density at radius 1 is 1.38 bits per heavy atom. The fraction of sp³-hybridized carbons (Fsp3) is 0.308. The lowest BCUT2D eigenvalue weighted by Crippen LogP contribution is -2.29. The van der Waals surface area contributed by atoms with Crippen LogP contribution in [0.25, 0.3) is 11.1 Å². The van der Waals surface area contributed by atoms with E-state index in [2.05, 4.69) is 5.16 Å². The van der Waals surface area contributed by atoms with E-state index in [1.54, 1.807) is 0 Å². The molecule has 114 valence electrons. The molecule has 0 aliphatic heterocycles. The van der Waals surface area contributed by atoms with Gasteiger partial charge in [-0.2, -0.15) is 0 Å². The lowest BCUT2D eigenvalue weighted by atomic mass is 9.98. The second kappa shape index (κ2) is 4.99. The van der Waals surface area contributed by atoms with E-state index in [1.807, 2.05) is 0 Å². The molecule has 2 aromatic rings. The normalized spacial score (nSPS) is 12.6. The Balaban J connectivity index is 2.79. The summed E-state index contributed by atoms with van der Waals surface area (Å²) >= 11 is 5.75. The maximum Gasteiger partial charge on any atom is 0.230 e. The highest BCUT2D eigenvalue weighted by Gasteiger charge is 2.39. The molecule has 1 aromatic heterocycles. The first-order valence-electron chi connectivity index (χ1n) is 5.97. The summed E-state index contributed by atoms with van der Waals surface area (Å²) in [6.07, 6.45) is 1.07. The van der Waals surface area contributed by atoms with Crippen LogP contribution in [0.15, 0.2) is 22.7 Å². The highest BCUT2D eigenvalue weighted by molar-refractivity contribution is 7.91. The smallest absolute Gasteiger partial charge is 0.230 e. The number of sulfone groups is 1. The third-order valence-corrected chi connectivity index (χ3v) is 5.78. The van der Waals surface area contributed by atoms with E-state index in [9.17, 15) is 12.8 Å². The van der Waals surface area contributed by atoms with Crippen LogP contribution in [0.5, 0.6) is 0 Å². The minimum atomic E-state index is -3.53. The number of halogens is 2. The van der Waals surface area contributed by atoms with Crippen molar-refractivity contribution in [3.8, 4) is 11.1 Å². The van der Waals surface area contributed by atoms with Crippen molar-refractivity contribution in [1.82, 2.24) is 5.16 Å². The maximum atomic E-state index is 14.2. The molecule has 8 heteroatoms. The van der Waals surface area contributed by atoms with E-state index in [-0.39, 0.29) is 27.7 Å². The van der Waals surface area contributed by atoms with Crippen LogP contribution in [-0.2, 0) is 14.6 Å². The molecule has 0 atom stereocenters. The average molecular weight is 333 g/mol. The van der Waals surface area contributed by atoms with Gasteiger partial charge in [0.25, 0.3) is 0 Å². The number of hydrogen-bond acceptors (Lipinski definition) is 5. The van der Waals surface area contributed by atoms with E-state index in [0.717, 1.165) is 6.26 Å². The summed E-state index contributed by atoms with van der Waals surface area (Å²) in [6, 6.07) is 4.35. The highest BCUT2D eigenvalue weighted by Crippen LogP contribution is 2.41. The zero-order valence-electron chi connectivity index (χ0n) is 11.6. The van der Waals surface area contributed by atoms with Gasteiger partial charge in [-0.1, -0.05) is 28.9 Å². The van der Waals surface area contributed by atoms with E-state index in [0.29, 0.717) is 0 Å². The molecule has 0 radical (unpaired) electrons. The minimum absolute atomic E-state index is 0.0451. The number of anilines is 1. The Hall–Kier alpha value is -1.60. The molecule has 2 N–H and O–H groups in total. The van der Waals surface area contributed by atoms with Gasteiger partial charge in [0.2, 0.25) is 5.88 Å². The van der Waals surface area contributed by atoms with Gasteiger partial charge in [0.05, 0.1) is 10.6 Å². The molecular formula is C13H14ClFN2O3S. The number of nitrogens with zero attached hydrogens (tertiary/aromatic N) is 1. The van der Waals surface area contributed by atoms with Crippen LogP contribution < -0.4 is 5.73 Å². The first-order chi connectivity index (χ1) is 9.57. The minimum Gasteiger partial charge on any atom is -0.367 e. The van der Waals surface area contributed by atoms with Gasteiger partial charge >= 0.3 is 0 Å². The predicted molar refractivity (Wildman–Crippen MR) is 79.2 cm³/mol. The summed E-state index contributed by atoms with van der Waals surface area (Å²) in [4.78, 5) is 0. The van der Waals surface area contributed by atoms with Gasteiger partial charge in [-0.15, -0.1) is 0 Å². The van der Waals surface area contributed by atoms with Crippen molar-refractivity contribution in [2.75, 3.05) is 12.0 Å². The lowest BCUT2D eigenvalue weighted by molar-refractivity contribution is 0.417. The number of aromatic nitrogens is 1. The molecule has 0 bridgehead atoms. The van der Waals surface area contributed by atoms with Crippen molar-refractivity contribution in [3.05, 3.63) is 34.7 Å². The maximum absolute atomic E-state index is 14.2. The standard InChI is InChI=1S/C13H14ClFN2O3S/c1-13(2,21(3,18)19)11-9(12(16)20-17-11)7-5-4-6-8(14)10(7)15/h4-6H,16H2,1-3H3. The number of nitrogen functional groups attached to an aromatic ring is 1. The molecule has 1 aromatic carbocycles. The lowest BCUT2D eigenvalue weighted by Gasteiger charge is -2.21. The van der Waals surface area contributed by atoms with Crippen molar-refractivity contribution < 1.29 is 17.3 Å². The molecule has 0 spiro atoms. The van der Waals surface area contributed by atoms with E-state index >= 15 is 0 Å². The van der Waals surface area contributed by atoms with Crippen LogP contribution in [-0.4, -0.2) is 19.8 Å². The van der Waals surface area contributed by atoms with E-state index in [4.69, 9.17) is 21.9 Å². The van der Waals surface area contributed by atoms with Gasteiger partial charge in [-0.25, -0.2) is 12.8 Å². The summed E-state index contributed by atoms with van der Waals surface area (Å²) in [5.41, 5.74) is 5.89. The topological polar surface area (TPSA) is 86.2 Å². The van der Waals surface area contributed by atoms with Crippen LogP contribution in [0.1, 0.15) is 19.5 Å².